The van der Waals surface area contributed by atoms with E-state index in [1.54, 1.807) is 0 Å². The zero-order chi connectivity index (χ0) is 12.9. The second-order valence-corrected chi connectivity index (χ2v) is 5.56. The molecule has 0 aliphatic heterocycles. The zero-order valence-electron chi connectivity index (χ0n) is 8.97. The van der Waals surface area contributed by atoms with Gasteiger partial charge >= 0.3 is 5.97 Å². The van der Waals surface area contributed by atoms with Crippen LogP contribution in [0.3, 0.4) is 0 Å². The third-order valence-electron chi connectivity index (χ3n) is 1.82. The molecule has 0 amide bonds. The fourth-order valence-corrected chi connectivity index (χ4v) is 3.43. The second-order valence-electron chi connectivity index (χ2n) is 2.91. The topological polar surface area (TPSA) is 96.3 Å². The average Bonchev–Trinajstić information content (AvgIpc) is 2.78. The monoisotopic (exact) mass is 274 g/mol. The Morgan fingerprint density at radius 3 is 2.94 bits per heavy atom. The first kappa shape index (κ1) is 13.6. The molecule has 1 heterocycles. The van der Waals surface area contributed by atoms with Crippen LogP contribution in [0.1, 0.15) is 16.1 Å². The summed E-state index contributed by atoms with van der Waals surface area (Å²) in [5.41, 5.74) is 0. The average molecular weight is 274 g/mol. The van der Waals surface area contributed by atoms with Crippen molar-refractivity contribution in [1.29, 1.82) is 5.26 Å². The van der Waals surface area contributed by atoms with Crippen LogP contribution in [0.25, 0.3) is 0 Å². The molecular weight excluding hydrogens is 264 g/mol. The highest BCUT2D eigenvalue weighted by Crippen LogP contribution is 2.22. The van der Waals surface area contributed by atoms with Gasteiger partial charge in [0.15, 0.2) is 0 Å². The summed E-state index contributed by atoms with van der Waals surface area (Å²) in [6, 6.07) is 3.14. The first-order valence-corrected chi connectivity index (χ1v) is 6.91. The van der Waals surface area contributed by atoms with Gasteiger partial charge in [-0.25, -0.2) is 17.9 Å². The fraction of sp³-hybridized carbons (Fsp3) is 0.333. The van der Waals surface area contributed by atoms with Gasteiger partial charge in [0.1, 0.15) is 9.77 Å². The minimum absolute atomic E-state index is 0.00922. The van der Waals surface area contributed by atoms with Crippen molar-refractivity contribution in [1.82, 2.24) is 4.72 Å². The molecule has 1 aromatic heterocycles. The van der Waals surface area contributed by atoms with E-state index in [0.717, 1.165) is 11.3 Å². The molecular formula is C9H10N2O4S2. The van der Waals surface area contributed by atoms with Crippen LogP contribution in [0.5, 0.6) is 0 Å². The molecule has 1 rings (SSSR count). The van der Waals surface area contributed by atoms with Crippen LogP contribution in [0, 0.1) is 11.3 Å². The smallest absolute Gasteiger partial charge is 0.349 e. The number of sulfonamides is 1. The molecule has 1 N–H and O–H groups in total. The maximum atomic E-state index is 11.8. The van der Waals surface area contributed by atoms with Crippen molar-refractivity contribution in [2.24, 2.45) is 0 Å². The van der Waals surface area contributed by atoms with E-state index in [2.05, 4.69) is 9.46 Å². The molecule has 0 fully saturated rings. The highest BCUT2D eigenvalue weighted by molar-refractivity contribution is 7.89. The summed E-state index contributed by atoms with van der Waals surface area (Å²) in [5, 5.41) is 9.81. The minimum atomic E-state index is -3.77. The molecule has 0 aliphatic rings. The quantitative estimate of drug-likeness (QED) is 0.630. The summed E-state index contributed by atoms with van der Waals surface area (Å²) in [5.74, 6) is -0.694. The molecule has 1 aromatic rings. The van der Waals surface area contributed by atoms with Crippen LogP contribution >= 0.6 is 11.3 Å². The van der Waals surface area contributed by atoms with E-state index in [1.165, 1.54) is 18.6 Å². The van der Waals surface area contributed by atoms with Crippen molar-refractivity contribution in [2.75, 3.05) is 13.7 Å². The van der Waals surface area contributed by atoms with E-state index < -0.39 is 16.0 Å². The van der Waals surface area contributed by atoms with E-state index >= 15 is 0 Å². The number of ether oxygens (including phenoxy) is 1. The largest absolute Gasteiger partial charge is 0.465 e. The van der Waals surface area contributed by atoms with Gasteiger partial charge in [-0.2, -0.15) is 5.26 Å². The van der Waals surface area contributed by atoms with Crippen molar-refractivity contribution in [2.45, 2.75) is 11.3 Å². The number of nitriles is 1. The number of hydrogen-bond acceptors (Lipinski definition) is 6. The predicted molar refractivity (Wildman–Crippen MR) is 61.1 cm³/mol. The third-order valence-corrected chi connectivity index (χ3v) is 4.35. The number of carbonyl (C=O) groups is 1. The van der Waals surface area contributed by atoms with Gasteiger partial charge in [-0.15, -0.1) is 11.3 Å². The Hall–Kier alpha value is -1.43. The van der Waals surface area contributed by atoms with Gasteiger partial charge < -0.3 is 4.74 Å². The van der Waals surface area contributed by atoms with E-state index in [-0.39, 0.29) is 22.7 Å². The minimum Gasteiger partial charge on any atom is -0.465 e. The summed E-state index contributed by atoms with van der Waals surface area (Å²) in [6.07, 6.45) is 0.0664. The van der Waals surface area contributed by atoms with Gasteiger partial charge in [0.05, 0.1) is 13.2 Å². The van der Waals surface area contributed by atoms with E-state index in [0.29, 0.717) is 0 Å². The van der Waals surface area contributed by atoms with Gasteiger partial charge in [0.25, 0.3) is 0 Å². The summed E-state index contributed by atoms with van der Waals surface area (Å²) in [4.78, 5) is 11.2. The Kier molecular flexibility index (Phi) is 4.62. The molecule has 0 aromatic carbocycles. The second kappa shape index (κ2) is 5.77. The van der Waals surface area contributed by atoms with Gasteiger partial charge in [0.2, 0.25) is 10.0 Å². The SMILES string of the molecule is COC(=O)c1sccc1S(=O)(=O)NCCC#N. The zero-order valence-corrected chi connectivity index (χ0v) is 10.6. The van der Waals surface area contributed by atoms with Crippen molar-refractivity contribution in [3.8, 4) is 6.07 Å². The molecule has 0 atom stereocenters. The molecule has 0 aliphatic carbocycles. The summed E-state index contributed by atoms with van der Waals surface area (Å²) >= 11 is 0.990. The van der Waals surface area contributed by atoms with Crippen molar-refractivity contribution in [3.05, 3.63) is 16.3 Å². The van der Waals surface area contributed by atoms with E-state index in [4.69, 9.17) is 5.26 Å². The molecule has 0 radical (unpaired) electrons. The molecule has 17 heavy (non-hydrogen) atoms. The van der Waals surface area contributed by atoms with Crippen LogP contribution in [0.15, 0.2) is 16.3 Å². The number of hydrogen-bond donors (Lipinski definition) is 1. The van der Waals surface area contributed by atoms with Crippen molar-refractivity contribution in [3.63, 3.8) is 0 Å². The lowest BCUT2D eigenvalue weighted by Crippen LogP contribution is -2.25. The number of nitrogens with one attached hydrogen (secondary N) is 1. The van der Waals surface area contributed by atoms with Gasteiger partial charge in [-0.3, -0.25) is 0 Å². The van der Waals surface area contributed by atoms with E-state index in [1.807, 2.05) is 6.07 Å². The van der Waals surface area contributed by atoms with Crippen LogP contribution in [-0.4, -0.2) is 28.0 Å². The summed E-state index contributed by atoms with van der Waals surface area (Å²) < 4.78 is 30.3. The number of rotatable bonds is 5. The number of esters is 1. The van der Waals surface area contributed by atoms with Crippen LogP contribution in [0.2, 0.25) is 0 Å². The van der Waals surface area contributed by atoms with Crippen LogP contribution in [0.4, 0.5) is 0 Å². The van der Waals surface area contributed by atoms with Crippen LogP contribution < -0.4 is 4.72 Å². The summed E-state index contributed by atoms with van der Waals surface area (Å²) in [6.45, 7) is 0.00922. The van der Waals surface area contributed by atoms with Gasteiger partial charge in [0, 0.05) is 13.0 Å². The Morgan fingerprint density at radius 2 is 2.35 bits per heavy atom. The predicted octanol–water partition coefficient (Wildman–Crippen LogP) is 0.727. The Labute approximate surface area is 103 Å². The lowest BCUT2D eigenvalue weighted by Gasteiger charge is -2.04. The maximum absolute atomic E-state index is 11.8. The lowest BCUT2D eigenvalue weighted by molar-refractivity contribution is 0.0602. The number of carbonyl (C=O) groups excluding carboxylic acids is 1. The van der Waals surface area contributed by atoms with Crippen LogP contribution in [-0.2, 0) is 14.8 Å². The fourth-order valence-electron chi connectivity index (χ4n) is 1.07. The Morgan fingerprint density at radius 1 is 1.65 bits per heavy atom. The Bertz CT molecular complexity index is 542. The normalized spacial score (nSPS) is 10.8. The molecule has 0 unspecified atom stereocenters. The number of nitrogens with zero attached hydrogens (tertiary/aromatic N) is 1. The van der Waals surface area contributed by atoms with E-state index in [9.17, 15) is 13.2 Å². The molecule has 0 saturated heterocycles. The molecule has 92 valence electrons. The number of methoxy groups -OCH3 is 1. The van der Waals surface area contributed by atoms with Gasteiger partial charge in [-0.1, -0.05) is 0 Å². The van der Waals surface area contributed by atoms with Crippen molar-refractivity contribution < 1.29 is 17.9 Å². The third kappa shape index (κ3) is 3.26. The summed E-state index contributed by atoms with van der Waals surface area (Å²) in [7, 11) is -2.58. The molecule has 8 heteroatoms. The molecule has 0 saturated carbocycles. The number of thiophene rings is 1. The standard InChI is InChI=1S/C9H10N2O4S2/c1-15-9(12)8-7(3-6-16-8)17(13,14)11-5-2-4-10/h3,6,11H,2,5H2,1H3. The van der Waals surface area contributed by atoms with Gasteiger partial charge in [-0.05, 0) is 11.4 Å². The molecule has 6 nitrogen and oxygen atoms in total. The highest BCUT2D eigenvalue weighted by atomic mass is 32.2. The molecule has 0 bridgehead atoms. The lowest BCUT2D eigenvalue weighted by atomic mass is 10.5. The first-order valence-electron chi connectivity index (χ1n) is 4.55. The highest BCUT2D eigenvalue weighted by Gasteiger charge is 2.23. The Balaban J connectivity index is 2.96. The maximum Gasteiger partial charge on any atom is 0.349 e. The molecule has 0 spiro atoms. The first-order chi connectivity index (χ1) is 8.03. The van der Waals surface area contributed by atoms with Crippen molar-refractivity contribution >= 4 is 27.3 Å².